The van der Waals surface area contributed by atoms with Gasteiger partial charge in [0.15, 0.2) is 0 Å². The van der Waals surface area contributed by atoms with Crippen molar-refractivity contribution in [2.24, 2.45) is 0 Å². The maximum Gasteiger partial charge on any atom is 0.244 e. The molecule has 0 amide bonds. The molecule has 20 heavy (non-hydrogen) atoms. The number of sulfonamides is 1. The van der Waals surface area contributed by atoms with Crippen LogP contribution in [0.15, 0.2) is 4.90 Å². The molecule has 0 radical (unpaired) electrons. The number of likely N-dealkylation sites (tertiary alicyclic amines) is 1. The van der Waals surface area contributed by atoms with Gasteiger partial charge in [0.1, 0.15) is 4.90 Å². The van der Waals surface area contributed by atoms with Gasteiger partial charge in [0.25, 0.3) is 0 Å². The first-order chi connectivity index (χ1) is 9.44. The molecule has 0 spiro atoms. The Hall–Kier alpha value is -0.960. The fourth-order valence-electron chi connectivity index (χ4n) is 2.50. The van der Waals surface area contributed by atoms with Crippen LogP contribution in [0.1, 0.15) is 24.7 Å². The molecule has 1 aliphatic rings. The predicted molar refractivity (Wildman–Crippen MR) is 76.9 cm³/mol. The quantitative estimate of drug-likeness (QED) is 0.677. The largest absolute Gasteiger partial charge is 0.311 e. The number of likely N-dealkylation sites (N-methyl/N-ethyl adjacent to an activating group) is 1. The zero-order chi connectivity index (χ0) is 14.8. The van der Waals surface area contributed by atoms with E-state index >= 15 is 0 Å². The summed E-state index contributed by atoms with van der Waals surface area (Å²) in [5.74, 6) is 0. The number of aromatic nitrogens is 2. The zero-order valence-corrected chi connectivity index (χ0v) is 13.0. The highest BCUT2D eigenvalue weighted by atomic mass is 32.2. The van der Waals surface area contributed by atoms with Crippen LogP contribution in [0.3, 0.4) is 0 Å². The molecule has 1 atom stereocenters. The lowest BCUT2D eigenvalue weighted by Crippen LogP contribution is -2.37. The fourth-order valence-corrected chi connectivity index (χ4v) is 4.12. The summed E-state index contributed by atoms with van der Waals surface area (Å²) in [5, 5.41) is 9.97. The van der Waals surface area contributed by atoms with Crippen LogP contribution >= 0.6 is 0 Å². The minimum absolute atomic E-state index is 0.0220. The van der Waals surface area contributed by atoms with E-state index in [1.807, 2.05) is 14.0 Å². The summed E-state index contributed by atoms with van der Waals surface area (Å²) < 4.78 is 27.9. The summed E-state index contributed by atoms with van der Waals surface area (Å²) in [4.78, 5) is 2.41. The number of aryl methyl sites for hydroxylation is 1. The lowest BCUT2D eigenvalue weighted by Gasteiger charge is -2.14. The molecule has 2 rings (SSSR count). The van der Waals surface area contributed by atoms with Gasteiger partial charge in [-0.2, -0.15) is 5.10 Å². The Balaban J connectivity index is 2.18. The lowest BCUT2D eigenvalue weighted by molar-refractivity contribution is 0.407. The van der Waals surface area contributed by atoms with Crippen molar-refractivity contribution in [3.05, 3.63) is 11.4 Å². The maximum atomic E-state index is 12.5. The second-order valence-electron chi connectivity index (χ2n) is 5.27. The van der Waals surface area contributed by atoms with Gasteiger partial charge in [-0.1, -0.05) is 6.92 Å². The van der Waals surface area contributed by atoms with Crippen LogP contribution in [-0.4, -0.2) is 56.2 Å². The Morgan fingerprint density at radius 3 is 2.85 bits per heavy atom. The van der Waals surface area contributed by atoms with Gasteiger partial charge in [-0.05, 0) is 33.5 Å². The third kappa shape index (κ3) is 3.38. The fraction of sp³-hybridized carbons (Fsp3) is 0.750. The SMILES string of the molecule is CCNCc1n[nH]c(C)c1S(=O)(=O)NC1CCN(C)C1. The normalized spacial score (nSPS) is 20.6. The number of nitrogens with zero attached hydrogens (tertiary/aromatic N) is 2. The smallest absolute Gasteiger partial charge is 0.244 e. The van der Waals surface area contributed by atoms with Gasteiger partial charge in [0, 0.05) is 19.1 Å². The van der Waals surface area contributed by atoms with Gasteiger partial charge >= 0.3 is 0 Å². The van der Waals surface area contributed by atoms with Crippen LogP contribution in [0.5, 0.6) is 0 Å². The standard InChI is InChI=1S/C12H23N5O2S/c1-4-13-7-11-12(9(2)14-15-11)20(18,19)16-10-5-6-17(3)8-10/h10,13,16H,4-8H2,1-3H3,(H,14,15). The van der Waals surface area contributed by atoms with Crippen molar-refractivity contribution < 1.29 is 8.42 Å². The van der Waals surface area contributed by atoms with Gasteiger partial charge < -0.3 is 10.2 Å². The van der Waals surface area contributed by atoms with E-state index in [4.69, 9.17) is 0 Å². The first kappa shape index (κ1) is 15.4. The molecule has 7 nitrogen and oxygen atoms in total. The second-order valence-corrected chi connectivity index (χ2v) is 6.92. The lowest BCUT2D eigenvalue weighted by atomic mass is 10.3. The Labute approximate surface area is 120 Å². The molecule has 1 fully saturated rings. The average molecular weight is 301 g/mol. The number of rotatable bonds is 6. The summed E-state index contributed by atoms with van der Waals surface area (Å²) in [7, 11) is -1.53. The van der Waals surface area contributed by atoms with Crippen molar-refractivity contribution >= 4 is 10.0 Å². The monoisotopic (exact) mass is 301 g/mol. The Kier molecular flexibility index (Phi) is 4.79. The second kappa shape index (κ2) is 6.21. The van der Waals surface area contributed by atoms with Crippen molar-refractivity contribution in [3.8, 4) is 0 Å². The van der Waals surface area contributed by atoms with Crippen LogP contribution in [0.25, 0.3) is 0 Å². The third-order valence-corrected chi connectivity index (χ3v) is 5.21. The molecule has 0 aromatic carbocycles. The number of H-pyrrole nitrogens is 1. The maximum absolute atomic E-state index is 12.5. The average Bonchev–Trinajstić information content (AvgIpc) is 2.93. The van der Waals surface area contributed by atoms with E-state index in [9.17, 15) is 8.42 Å². The molecule has 1 saturated heterocycles. The minimum Gasteiger partial charge on any atom is -0.311 e. The van der Waals surface area contributed by atoms with Crippen molar-refractivity contribution in [2.45, 2.75) is 37.8 Å². The van der Waals surface area contributed by atoms with Crippen molar-refractivity contribution in [2.75, 3.05) is 26.7 Å². The molecule has 114 valence electrons. The molecule has 0 bridgehead atoms. The van der Waals surface area contributed by atoms with Crippen LogP contribution in [0.4, 0.5) is 0 Å². The number of hydrogen-bond acceptors (Lipinski definition) is 5. The van der Waals surface area contributed by atoms with E-state index in [-0.39, 0.29) is 10.9 Å². The van der Waals surface area contributed by atoms with Gasteiger partial charge in [0.05, 0.1) is 11.4 Å². The van der Waals surface area contributed by atoms with Crippen molar-refractivity contribution in [1.82, 2.24) is 25.1 Å². The first-order valence-electron chi connectivity index (χ1n) is 6.89. The summed E-state index contributed by atoms with van der Waals surface area (Å²) >= 11 is 0. The van der Waals surface area contributed by atoms with E-state index in [2.05, 4.69) is 25.1 Å². The van der Waals surface area contributed by atoms with Crippen LogP contribution < -0.4 is 10.0 Å². The molecule has 1 aromatic heterocycles. The molecular weight excluding hydrogens is 278 g/mol. The van der Waals surface area contributed by atoms with Crippen LogP contribution in [0.2, 0.25) is 0 Å². The highest BCUT2D eigenvalue weighted by Crippen LogP contribution is 2.19. The first-order valence-corrected chi connectivity index (χ1v) is 8.37. The van der Waals surface area contributed by atoms with Gasteiger partial charge in [-0.3, -0.25) is 5.10 Å². The molecule has 1 aromatic rings. The topological polar surface area (TPSA) is 90.1 Å². The summed E-state index contributed by atoms with van der Waals surface area (Å²) in [6.45, 7) is 6.59. The molecule has 8 heteroatoms. The molecule has 1 aliphatic heterocycles. The van der Waals surface area contributed by atoms with Gasteiger partial charge in [0.2, 0.25) is 10.0 Å². The van der Waals surface area contributed by atoms with E-state index < -0.39 is 10.0 Å². The summed E-state index contributed by atoms with van der Waals surface area (Å²) in [6.07, 6.45) is 0.842. The van der Waals surface area contributed by atoms with E-state index in [0.29, 0.717) is 17.9 Å². The Morgan fingerprint density at radius 2 is 2.25 bits per heavy atom. The predicted octanol–water partition coefficient (Wildman–Crippen LogP) is -0.190. The molecule has 0 aliphatic carbocycles. The van der Waals surface area contributed by atoms with Crippen molar-refractivity contribution in [1.29, 1.82) is 0 Å². The van der Waals surface area contributed by atoms with E-state index in [1.54, 1.807) is 6.92 Å². The number of aromatic amines is 1. The summed E-state index contributed by atoms with van der Waals surface area (Å²) in [5.41, 5.74) is 1.12. The third-order valence-electron chi connectivity index (χ3n) is 3.49. The van der Waals surface area contributed by atoms with Crippen molar-refractivity contribution in [3.63, 3.8) is 0 Å². The highest BCUT2D eigenvalue weighted by Gasteiger charge is 2.29. The number of nitrogens with one attached hydrogen (secondary N) is 3. The molecule has 0 saturated carbocycles. The minimum atomic E-state index is -3.53. The Morgan fingerprint density at radius 1 is 1.50 bits per heavy atom. The molecular formula is C12H23N5O2S. The van der Waals surface area contributed by atoms with Crippen LogP contribution in [-0.2, 0) is 16.6 Å². The van der Waals surface area contributed by atoms with Gasteiger partial charge in [-0.25, -0.2) is 13.1 Å². The number of hydrogen-bond donors (Lipinski definition) is 3. The molecule has 1 unspecified atom stereocenters. The van der Waals surface area contributed by atoms with Gasteiger partial charge in [-0.15, -0.1) is 0 Å². The van der Waals surface area contributed by atoms with E-state index in [0.717, 1.165) is 26.1 Å². The highest BCUT2D eigenvalue weighted by molar-refractivity contribution is 7.89. The molecule has 3 N–H and O–H groups in total. The van der Waals surface area contributed by atoms with E-state index in [1.165, 1.54) is 0 Å². The summed E-state index contributed by atoms with van der Waals surface area (Å²) in [6, 6.07) is -0.0220. The van der Waals surface area contributed by atoms with Crippen LogP contribution in [0, 0.1) is 6.92 Å². The Bertz CT molecular complexity index is 554. The zero-order valence-electron chi connectivity index (χ0n) is 12.2. The molecule has 2 heterocycles.